The summed E-state index contributed by atoms with van der Waals surface area (Å²) in [4.78, 5) is 35.4. The normalized spacial score (nSPS) is 12.0. The van der Waals surface area contributed by atoms with Crippen LogP contribution in [0.3, 0.4) is 0 Å². The van der Waals surface area contributed by atoms with Gasteiger partial charge in [0, 0.05) is 6.42 Å². The zero-order chi connectivity index (χ0) is 18.9. The molecule has 0 aliphatic carbocycles. The van der Waals surface area contributed by atoms with Crippen molar-refractivity contribution in [3.05, 3.63) is 35.9 Å². The Morgan fingerprint density at radius 1 is 1.12 bits per heavy atom. The van der Waals surface area contributed by atoms with Crippen LogP contribution in [0.5, 0.6) is 0 Å². The van der Waals surface area contributed by atoms with Crippen LogP contribution in [0.1, 0.15) is 39.2 Å². The maximum Gasteiger partial charge on any atom is 0.408 e. The smallest absolute Gasteiger partial charge is 0.408 e. The van der Waals surface area contributed by atoms with E-state index in [1.165, 1.54) is 7.11 Å². The first-order valence-corrected chi connectivity index (χ1v) is 7.98. The molecule has 0 radical (unpaired) electrons. The quantitative estimate of drug-likeness (QED) is 0.600. The highest BCUT2D eigenvalue weighted by Gasteiger charge is 2.25. The van der Waals surface area contributed by atoms with E-state index in [2.05, 4.69) is 10.1 Å². The van der Waals surface area contributed by atoms with E-state index in [0.717, 1.165) is 5.56 Å². The molecular weight excluding hydrogens is 326 g/mol. The number of nitrogens with one attached hydrogen (secondary N) is 1. The Morgan fingerprint density at radius 2 is 1.76 bits per heavy atom. The van der Waals surface area contributed by atoms with Crippen LogP contribution in [-0.2, 0) is 30.4 Å². The minimum Gasteiger partial charge on any atom is -0.467 e. The number of carbonyl (C=O) groups excluding carboxylic acids is 3. The van der Waals surface area contributed by atoms with E-state index in [-0.39, 0.29) is 19.4 Å². The molecule has 138 valence electrons. The van der Waals surface area contributed by atoms with E-state index in [1.807, 2.05) is 30.3 Å². The Hall–Kier alpha value is -2.57. The van der Waals surface area contributed by atoms with Gasteiger partial charge in [0.05, 0.1) is 7.11 Å². The molecule has 0 aliphatic rings. The van der Waals surface area contributed by atoms with Crippen molar-refractivity contribution in [2.24, 2.45) is 0 Å². The molecule has 0 spiro atoms. The lowest BCUT2D eigenvalue weighted by Crippen LogP contribution is -2.44. The molecule has 0 bridgehead atoms. The van der Waals surface area contributed by atoms with Crippen LogP contribution in [-0.4, -0.2) is 36.8 Å². The zero-order valence-corrected chi connectivity index (χ0v) is 15.0. The van der Waals surface area contributed by atoms with Crippen LogP contribution < -0.4 is 5.32 Å². The molecule has 0 aromatic heterocycles. The molecule has 25 heavy (non-hydrogen) atoms. The number of alkyl carbamates (subject to hydrolysis) is 1. The first-order chi connectivity index (χ1) is 11.7. The van der Waals surface area contributed by atoms with Crippen LogP contribution in [0.15, 0.2) is 30.3 Å². The van der Waals surface area contributed by atoms with Crippen molar-refractivity contribution in [2.45, 2.75) is 51.9 Å². The van der Waals surface area contributed by atoms with Gasteiger partial charge in [-0.1, -0.05) is 30.3 Å². The van der Waals surface area contributed by atoms with E-state index >= 15 is 0 Å². The summed E-state index contributed by atoms with van der Waals surface area (Å²) in [6.07, 6.45) is -0.734. The fourth-order valence-corrected chi connectivity index (χ4v) is 1.91. The molecule has 0 saturated heterocycles. The maximum absolute atomic E-state index is 11.8. The SMILES string of the molecule is COC(=O)[C@@H](CCC(=O)OCc1ccccc1)NC(=O)OC(C)(C)C. The number of hydrogen-bond donors (Lipinski definition) is 1. The van der Waals surface area contributed by atoms with Gasteiger partial charge in [-0.3, -0.25) is 4.79 Å². The molecule has 1 N–H and O–H groups in total. The monoisotopic (exact) mass is 351 g/mol. The predicted molar refractivity (Wildman–Crippen MR) is 90.6 cm³/mol. The number of hydrogen-bond acceptors (Lipinski definition) is 6. The van der Waals surface area contributed by atoms with E-state index in [1.54, 1.807) is 20.8 Å². The number of ether oxygens (including phenoxy) is 3. The van der Waals surface area contributed by atoms with Gasteiger partial charge in [0.1, 0.15) is 18.2 Å². The van der Waals surface area contributed by atoms with Crippen LogP contribution in [0, 0.1) is 0 Å². The molecule has 7 nitrogen and oxygen atoms in total. The van der Waals surface area contributed by atoms with Gasteiger partial charge in [0.2, 0.25) is 0 Å². The highest BCUT2D eigenvalue weighted by Crippen LogP contribution is 2.09. The molecule has 1 atom stereocenters. The second-order valence-corrected chi connectivity index (χ2v) is 6.41. The van der Waals surface area contributed by atoms with Gasteiger partial charge in [-0.25, -0.2) is 9.59 Å². The second kappa shape index (κ2) is 9.66. The Bertz CT molecular complexity index is 579. The summed E-state index contributed by atoms with van der Waals surface area (Å²) in [5.74, 6) is -1.12. The molecule has 1 aromatic carbocycles. The number of amides is 1. The summed E-state index contributed by atoms with van der Waals surface area (Å²) >= 11 is 0. The van der Waals surface area contributed by atoms with Crippen molar-refractivity contribution in [1.82, 2.24) is 5.32 Å². The van der Waals surface area contributed by atoms with Crippen molar-refractivity contribution >= 4 is 18.0 Å². The van der Waals surface area contributed by atoms with E-state index in [9.17, 15) is 14.4 Å². The Kier molecular flexibility index (Phi) is 7.91. The minimum atomic E-state index is -0.982. The standard InChI is InChI=1S/C18H25NO6/c1-18(2,3)25-17(22)19-14(16(21)23-4)10-11-15(20)24-12-13-8-6-5-7-9-13/h5-9,14H,10-12H2,1-4H3,(H,19,22)/t14-/m1/s1. The first kappa shape index (κ1) is 20.5. The maximum atomic E-state index is 11.8. The number of benzene rings is 1. The van der Waals surface area contributed by atoms with Crippen molar-refractivity contribution in [3.8, 4) is 0 Å². The lowest BCUT2D eigenvalue weighted by Gasteiger charge is -2.22. The van der Waals surface area contributed by atoms with Crippen molar-refractivity contribution < 1.29 is 28.6 Å². The van der Waals surface area contributed by atoms with Crippen molar-refractivity contribution in [3.63, 3.8) is 0 Å². The number of carbonyl (C=O) groups is 3. The molecule has 1 amide bonds. The van der Waals surface area contributed by atoms with Crippen molar-refractivity contribution in [2.75, 3.05) is 7.11 Å². The molecule has 0 fully saturated rings. The summed E-state index contributed by atoms with van der Waals surface area (Å²) in [5, 5.41) is 2.41. The van der Waals surface area contributed by atoms with Gasteiger partial charge in [0.15, 0.2) is 0 Å². The predicted octanol–water partition coefficient (Wildman–Crippen LogP) is 2.58. The van der Waals surface area contributed by atoms with E-state index in [0.29, 0.717) is 0 Å². The summed E-state index contributed by atoms with van der Waals surface area (Å²) in [5.41, 5.74) is 0.173. The Morgan fingerprint density at radius 3 is 2.32 bits per heavy atom. The average Bonchev–Trinajstić information content (AvgIpc) is 2.55. The van der Waals surface area contributed by atoms with E-state index < -0.39 is 29.7 Å². The van der Waals surface area contributed by atoms with Crippen LogP contribution in [0.4, 0.5) is 4.79 Å². The summed E-state index contributed by atoms with van der Waals surface area (Å²) < 4.78 is 14.9. The summed E-state index contributed by atoms with van der Waals surface area (Å²) in [6, 6.07) is 8.27. The molecular formula is C18H25NO6. The summed E-state index contributed by atoms with van der Waals surface area (Å²) in [7, 11) is 1.21. The van der Waals surface area contributed by atoms with Gasteiger partial charge < -0.3 is 19.5 Å². The fraction of sp³-hybridized carbons (Fsp3) is 0.500. The number of rotatable bonds is 7. The number of esters is 2. The fourth-order valence-electron chi connectivity index (χ4n) is 1.91. The van der Waals surface area contributed by atoms with Crippen LogP contribution in [0.2, 0.25) is 0 Å². The van der Waals surface area contributed by atoms with Gasteiger partial charge in [-0.15, -0.1) is 0 Å². The highest BCUT2D eigenvalue weighted by atomic mass is 16.6. The largest absolute Gasteiger partial charge is 0.467 e. The average molecular weight is 351 g/mol. The van der Waals surface area contributed by atoms with Crippen LogP contribution in [0.25, 0.3) is 0 Å². The second-order valence-electron chi connectivity index (χ2n) is 6.41. The number of methoxy groups -OCH3 is 1. The Labute approximate surface area is 147 Å². The summed E-state index contributed by atoms with van der Waals surface area (Å²) in [6.45, 7) is 5.28. The van der Waals surface area contributed by atoms with E-state index in [4.69, 9.17) is 9.47 Å². The minimum absolute atomic E-state index is 0.0393. The molecule has 0 aliphatic heterocycles. The third kappa shape index (κ3) is 8.74. The first-order valence-electron chi connectivity index (χ1n) is 7.98. The van der Waals surface area contributed by atoms with Crippen LogP contribution >= 0.6 is 0 Å². The molecule has 0 unspecified atom stereocenters. The highest BCUT2D eigenvalue weighted by molar-refractivity contribution is 5.82. The molecule has 1 aromatic rings. The van der Waals surface area contributed by atoms with Gasteiger partial charge in [-0.05, 0) is 32.8 Å². The lowest BCUT2D eigenvalue weighted by atomic mass is 10.1. The zero-order valence-electron chi connectivity index (χ0n) is 15.0. The molecule has 0 heterocycles. The molecule has 1 rings (SSSR count). The van der Waals surface area contributed by atoms with Gasteiger partial charge in [0.25, 0.3) is 0 Å². The third-order valence-electron chi connectivity index (χ3n) is 3.06. The van der Waals surface area contributed by atoms with Gasteiger partial charge >= 0.3 is 18.0 Å². The lowest BCUT2D eigenvalue weighted by molar-refractivity contribution is -0.146. The topological polar surface area (TPSA) is 90.9 Å². The molecule has 0 saturated carbocycles. The van der Waals surface area contributed by atoms with Gasteiger partial charge in [-0.2, -0.15) is 0 Å². The third-order valence-corrected chi connectivity index (χ3v) is 3.06. The van der Waals surface area contributed by atoms with Crippen molar-refractivity contribution in [1.29, 1.82) is 0 Å². The molecule has 7 heteroatoms. The Balaban J connectivity index is 2.48.